The topological polar surface area (TPSA) is 70.7 Å². The highest BCUT2D eigenvalue weighted by atomic mass is 16.5. The third-order valence-corrected chi connectivity index (χ3v) is 4.38. The van der Waals surface area contributed by atoms with Crippen LogP contribution in [0.2, 0.25) is 0 Å². The van der Waals surface area contributed by atoms with Crippen LogP contribution in [0.3, 0.4) is 0 Å². The minimum atomic E-state index is 0.519. The molecule has 25 heavy (non-hydrogen) atoms. The summed E-state index contributed by atoms with van der Waals surface area (Å²) in [5.41, 5.74) is 6.57. The van der Waals surface area contributed by atoms with Crippen molar-refractivity contribution in [2.24, 2.45) is 7.05 Å². The van der Waals surface area contributed by atoms with E-state index in [0.717, 1.165) is 51.4 Å². The highest BCUT2D eigenvalue weighted by Gasteiger charge is 2.16. The van der Waals surface area contributed by atoms with Crippen molar-refractivity contribution in [3.8, 4) is 11.3 Å². The molecule has 0 aliphatic carbocycles. The summed E-state index contributed by atoms with van der Waals surface area (Å²) in [6.45, 7) is 5.39. The van der Waals surface area contributed by atoms with E-state index in [2.05, 4.69) is 43.6 Å². The molecule has 0 bridgehead atoms. The second-order valence-corrected chi connectivity index (χ2v) is 6.11. The SMILES string of the molecule is CCn1cnc2cc(-c3nc(C)nc4c3ncn4C)cc(COC)c21. The average Bonchev–Trinajstić information content (AvgIpc) is 3.18. The van der Waals surface area contributed by atoms with Crippen molar-refractivity contribution in [2.75, 3.05) is 7.11 Å². The molecule has 7 heteroatoms. The van der Waals surface area contributed by atoms with E-state index in [1.54, 1.807) is 13.4 Å². The maximum atomic E-state index is 5.42. The van der Waals surface area contributed by atoms with Gasteiger partial charge in [0.15, 0.2) is 5.65 Å². The van der Waals surface area contributed by atoms with Crippen molar-refractivity contribution in [1.82, 2.24) is 29.1 Å². The summed E-state index contributed by atoms with van der Waals surface area (Å²) in [6, 6.07) is 4.19. The summed E-state index contributed by atoms with van der Waals surface area (Å²) < 4.78 is 9.46. The van der Waals surface area contributed by atoms with Gasteiger partial charge in [-0.05, 0) is 26.0 Å². The molecular formula is C18H20N6O. The van der Waals surface area contributed by atoms with Crippen molar-refractivity contribution in [1.29, 1.82) is 0 Å². The Hall–Kier alpha value is -2.80. The fourth-order valence-electron chi connectivity index (χ4n) is 3.26. The molecule has 0 unspecified atom stereocenters. The van der Waals surface area contributed by atoms with Gasteiger partial charge in [0, 0.05) is 31.8 Å². The van der Waals surface area contributed by atoms with Gasteiger partial charge in [-0.25, -0.2) is 19.9 Å². The number of ether oxygens (including phenoxy) is 1. The quantitative estimate of drug-likeness (QED) is 0.573. The normalized spacial score (nSPS) is 11.7. The number of hydrogen-bond acceptors (Lipinski definition) is 5. The first kappa shape index (κ1) is 15.7. The molecule has 0 saturated heterocycles. The minimum absolute atomic E-state index is 0.519. The molecule has 0 amide bonds. The van der Waals surface area contributed by atoms with E-state index in [0.29, 0.717) is 6.61 Å². The van der Waals surface area contributed by atoms with Gasteiger partial charge in [-0.15, -0.1) is 0 Å². The summed E-state index contributed by atoms with van der Waals surface area (Å²) in [4.78, 5) is 18.2. The average molecular weight is 336 g/mol. The number of hydrogen-bond donors (Lipinski definition) is 0. The maximum Gasteiger partial charge on any atom is 0.163 e. The molecule has 0 atom stereocenters. The lowest BCUT2D eigenvalue weighted by molar-refractivity contribution is 0.185. The fraction of sp³-hybridized carbons (Fsp3) is 0.333. The predicted molar refractivity (Wildman–Crippen MR) is 96.2 cm³/mol. The van der Waals surface area contributed by atoms with Gasteiger partial charge in [0.05, 0.1) is 30.3 Å². The molecule has 4 aromatic rings. The number of methoxy groups -OCH3 is 1. The molecule has 3 aromatic heterocycles. The molecule has 7 nitrogen and oxygen atoms in total. The molecule has 0 spiro atoms. The van der Waals surface area contributed by atoms with Crippen LogP contribution in [0.4, 0.5) is 0 Å². The number of rotatable bonds is 4. The van der Waals surface area contributed by atoms with Crippen LogP contribution in [0.15, 0.2) is 24.8 Å². The van der Waals surface area contributed by atoms with E-state index >= 15 is 0 Å². The molecule has 3 heterocycles. The van der Waals surface area contributed by atoms with Crippen molar-refractivity contribution in [3.63, 3.8) is 0 Å². The number of imidazole rings is 2. The Bertz CT molecular complexity index is 1080. The second-order valence-electron chi connectivity index (χ2n) is 6.11. The first-order chi connectivity index (χ1) is 12.1. The standard InChI is InChI=1S/C18H20N6O/c1-5-24-10-19-14-7-12(6-13(8-25-4)17(14)24)15-16-18(22-11(2)21-15)23(3)9-20-16/h6-7,9-10H,5,8H2,1-4H3. The van der Waals surface area contributed by atoms with E-state index in [1.807, 2.05) is 24.9 Å². The van der Waals surface area contributed by atoms with Gasteiger partial charge in [-0.3, -0.25) is 0 Å². The van der Waals surface area contributed by atoms with Gasteiger partial charge >= 0.3 is 0 Å². The Labute approximate surface area is 145 Å². The molecule has 1 aromatic carbocycles. The zero-order valence-corrected chi connectivity index (χ0v) is 14.8. The Kier molecular flexibility index (Phi) is 3.73. The first-order valence-corrected chi connectivity index (χ1v) is 8.25. The van der Waals surface area contributed by atoms with Crippen LogP contribution in [0, 0.1) is 6.92 Å². The number of nitrogens with zero attached hydrogens (tertiary/aromatic N) is 6. The number of fused-ring (bicyclic) bond motifs is 2. The summed E-state index contributed by atoms with van der Waals surface area (Å²) in [5.74, 6) is 0.721. The number of aromatic nitrogens is 6. The highest BCUT2D eigenvalue weighted by molar-refractivity contribution is 5.92. The lowest BCUT2D eigenvalue weighted by Crippen LogP contribution is -2.00. The van der Waals surface area contributed by atoms with Crippen molar-refractivity contribution in [2.45, 2.75) is 27.0 Å². The van der Waals surface area contributed by atoms with E-state index in [9.17, 15) is 0 Å². The molecular weight excluding hydrogens is 316 g/mol. The van der Waals surface area contributed by atoms with Gasteiger partial charge in [0.25, 0.3) is 0 Å². The van der Waals surface area contributed by atoms with Crippen LogP contribution < -0.4 is 0 Å². The third-order valence-electron chi connectivity index (χ3n) is 4.38. The Balaban J connectivity index is 2.02. The largest absolute Gasteiger partial charge is 0.380 e. The van der Waals surface area contributed by atoms with Gasteiger partial charge in [-0.1, -0.05) is 0 Å². The van der Waals surface area contributed by atoms with Crippen molar-refractivity contribution in [3.05, 3.63) is 36.2 Å². The maximum absolute atomic E-state index is 5.42. The lowest BCUT2D eigenvalue weighted by Gasteiger charge is -2.10. The molecule has 128 valence electrons. The van der Waals surface area contributed by atoms with Crippen LogP contribution in [-0.4, -0.2) is 36.2 Å². The summed E-state index contributed by atoms with van der Waals surface area (Å²) >= 11 is 0. The summed E-state index contributed by atoms with van der Waals surface area (Å²) in [7, 11) is 3.64. The molecule has 0 aliphatic rings. The Morgan fingerprint density at radius 1 is 1.12 bits per heavy atom. The van der Waals surface area contributed by atoms with Crippen molar-refractivity contribution >= 4 is 22.2 Å². The Morgan fingerprint density at radius 3 is 2.72 bits per heavy atom. The van der Waals surface area contributed by atoms with Gasteiger partial charge < -0.3 is 13.9 Å². The van der Waals surface area contributed by atoms with E-state index in [4.69, 9.17) is 4.74 Å². The van der Waals surface area contributed by atoms with E-state index in [1.165, 1.54) is 0 Å². The zero-order chi connectivity index (χ0) is 17.6. The van der Waals surface area contributed by atoms with Crippen LogP contribution >= 0.6 is 0 Å². The lowest BCUT2D eigenvalue weighted by atomic mass is 10.0. The molecule has 0 saturated carbocycles. The summed E-state index contributed by atoms with van der Waals surface area (Å²) in [6.07, 6.45) is 3.64. The number of benzene rings is 1. The van der Waals surface area contributed by atoms with Crippen LogP contribution in [-0.2, 0) is 24.9 Å². The third kappa shape index (κ3) is 2.47. The first-order valence-electron chi connectivity index (χ1n) is 8.25. The Morgan fingerprint density at radius 2 is 1.96 bits per heavy atom. The van der Waals surface area contributed by atoms with Crippen LogP contribution in [0.5, 0.6) is 0 Å². The molecule has 4 rings (SSSR count). The molecule has 0 fully saturated rings. The van der Waals surface area contributed by atoms with E-state index < -0.39 is 0 Å². The van der Waals surface area contributed by atoms with Crippen LogP contribution in [0.25, 0.3) is 33.5 Å². The smallest absolute Gasteiger partial charge is 0.163 e. The molecule has 0 N–H and O–H groups in total. The summed E-state index contributed by atoms with van der Waals surface area (Å²) in [5, 5.41) is 0. The zero-order valence-electron chi connectivity index (χ0n) is 14.8. The van der Waals surface area contributed by atoms with Crippen LogP contribution in [0.1, 0.15) is 18.3 Å². The second kappa shape index (κ2) is 5.93. The monoisotopic (exact) mass is 336 g/mol. The van der Waals surface area contributed by atoms with E-state index in [-0.39, 0.29) is 0 Å². The molecule has 0 aliphatic heterocycles. The van der Waals surface area contributed by atoms with Gasteiger partial charge in [0.1, 0.15) is 17.0 Å². The highest BCUT2D eigenvalue weighted by Crippen LogP contribution is 2.30. The van der Waals surface area contributed by atoms with Gasteiger partial charge in [0.2, 0.25) is 0 Å². The molecule has 0 radical (unpaired) electrons. The minimum Gasteiger partial charge on any atom is -0.380 e. The fourth-order valence-corrected chi connectivity index (χ4v) is 3.26. The number of aryl methyl sites for hydroxylation is 3. The predicted octanol–water partition coefficient (Wildman–Crippen LogP) is 2.85. The van der Waals surface area contributed by atoms with Crippen molar-refractivity contribution < 1.29 is 4.74 Å². The van der Waals surface area contributed by atoms with Gasteiger partial charge in [-0.2, -0.15) is 0 Å².